The lowest BCUT2D eigenvalue weighted by Gasteiger charge is -2.31. The molecule has 2 unspecified atom stereocenters. The molecule has 86 valence electrons. The first-order valence-electron chi connectivity index (χ1n) is 6.08. The maximum absolute atomic E-state index is 6.02. The second-order valence-electron chi connectivity index (χ2n) is 4.66. The Bertz CT molecular complexity index is 354. The van der Waals surface area contributed by atoms with E-state index in [1.54, 1.807) is 0 Å². The van der Waals surface area contributed by atoms with Gasteiger partial charge in [-0.15, -0.1) is 0 Å². The minimum absolute atomic E-state index is 0.163. The Labute approximate surface area is 96.2 Å². The molecule has 16 heavy (non-hydrogen) atoms. The topological polar surface area (TPSA) is 38.5 Å². The molecule has 1 aromatic carbocycles. The van der Waals surface area contributed by atoms with Crippen LogP contribution < -0.4 is 5.73 Å². The number of hydrogen-bond donors (Lipinski definition) is 1. The maximum Gasteiger partial charge on any atom is 0.164 e. The van der Waals surface area contributed by atoms with Crippen LogP contribution in [-0.4, -0.2) is 23.8 Å². The van der Waals surface area contributed by atoms with E-state index in [-0.39, 0.29) is 12.5 Å². The first kappa shape index (κ1) is 10.3. The Morgan fingerprint density at radius 3 is 2.81 bits per heavy atom. The van der Waals surface area contributed by atoms with E-state index >= 15 is 0 Å². The van der Waals surface area contributed by atoms with Crippen LogP contribution in [0.2, 0.25) is 0 Å². The number of benzene rings is 1. The van der Waals surface area contributed by atoms with E-state index in [0.29, 0.717) is 6.04 Å². The van der Waals surface area contributed by atoms with Crippen molar-refractivity contribution in [2.75, 3.05) is 6.54 Å². The summed E-state index contributed by atoms with van der Waals surface area (Å²) in [5, 5.41) is 0. The van der Waals surface area contributed by atoms with Gasteiger partial charge in [-0.3, -0.25) is 10.6 Å². The van der Waals surface area contributed by atoms with Crippen LogP contribution in [0.15, 0.2) is 30.3 Å². The normalized spacial score (nSPS) is 34.9. The summed E-state index contributed by atoms with van der Waals surface area (Å²) < 4.78 is 5.90. The molecule has 3 rings (SSSR count). The lowest BCUT2D eigenvalue weighted by molar-refractivity contribution is 0.00330. The van der Waals surface area contributed by atoms with Crippen LogP contribution in [0.1, 0.15) is 30.9 Å². The minimum atomic E-state index is -0.212. The molecule has 0 amide bonds. The molecule has 2 fully saturated rings. The van der Waals surface area contributed by atoms with Gasteiger partial charge in [-0.05, 0) is 18.4 Å². The van der Waals surface area contributed by atoms with E-state index in [2.05, 4.69) is 29.2 Å². The largest absolute Gasteiger partial charge is 0.340 e. The fourth-order valence-electron chi connectivity index (χ4n) is 2.88. The Morgan fingerprint density at radius 1 is 1.19 bits per heavy atom. The van der Waals surface area contributed by atoms with Gasteiger partial charge >= 0.3 is 0 Å². The zero-order chi connectivity index (χ0) is 11.0. The fraction of sp³-hybridized carbons (Fsp3) is 0.538. The molecule has 0 radical (unpaired) electrons. The van der Waals surface area contributed by atoms with Crippen LogP contribution in [0.5, 0.6) is 0 Å². The van der Waals surface area contributed by atoms with E-state index < -0.39 is 0 Å². The first-order chi connectivity index (χ1) is 7.86. The van der Waals surface area contributed by atoms with Gasteiger partial charge in [0, 0.05) is 12.6 Å². The van der Waals surface area contributed by atoms with Crippen molar-refractivity contribution in [2.24, 2.45) is 5.73 Å². The Kier molecular flexibility index (Phi) is 2.67. The molecule has 0 bridgehead atoms. The van der Waals surface area contributed by atoms with E-state index in [1.165, 1.54) is 24.8 Å². The van der Waals surface area contributed by atoms with Gasteiger partial charge in [0.25, 0.3) is 0 Å². The summed E-state index contributed by atoms with van der Waals surface area (Å²) >= 11 is 0. The number of nitrogens with zero attached hydrogens (tertiary/aromatic N) is 1. The van der Waals surface area contributed by atoms with E-state index in [4.69, 9.17) is 10.5 Å². The average molecular weight is 218 g/mol. The summed E-state index contributed by atoms with van der Waals surface area (Å²) in [5.41, 5.74) is 7.28. The van der Waals surface area contributed by atoms with Crippen molar-refractivity contribution in [3.63, 3.8) is 0 Å². The van der Waals surface area contributed by atoms with Gasteiger partial charge in [-0.25, -0.2) is 0 Å². The van der Waals surface area contributed by atoms with Crippen molar-refractivity contribution >= 4 is 0 Å². The van der Waals surface area contributed by atoms with Gasteiger partial charge in [0.05, 0.1) is 0 Å². The van der Waals surface area contributed by atoms with Crippen molar-refractivity contribution in [1.29, 1.82) is 0 Å². The maximum atomic E-state index is 6.02. The van der Waals surface area contributed by atoms with Crippen molar-refractivity contribution in [3.05, 3.63) is 35.9 Å². The van der Waals surface area contributed by atoms with E-state index in [1.807, 2.05) is 6.07 Å². The van der Waals surface area contributed by atoms with Crippen molar-refractivity contribution in [1.82, 2.24) is 4.90 Å². The summed E-state index contributed by atoms with van der Waals surface area (Å²) in [6.07, 6.45) is 3.69. The van der Waals surface area contributed by atoms with Crippen LogP contribution in [0.4, 0.5) is 0 Å². The SMILES string of the molecule is NC1O[C@@H](c2ccccc2)C2CCCCN12. The summed E-state index contributed by atoms with van der Waals surface area (Å²) in [6, 6.07) is 10.9. The molecule has 2 saturated heterocycles. The number of rotatable bonds is 1. The molecule has 0 saturated carbocycles. The highest BCUT2D eigenvalue weighted by Crippen LogP contribution is 2.38. The number of nitrogens with two attached hydrogens (primary N) is 1. The number of hydrogen-bond acceptors (Lipinski definition) is 3. The van der Waals surface area contributed by atoms with Gasteiger partial charge in [-0.2, -0.15) is 0 Å². The lowest BCUT2D eigenvalue weighted by Crippen LogP contribution is -2.44. The van der Waals surface area contributed by atoms with Gasteiger partial charge in [0.1, 0.15) is 6.10 Å². The molecule has 2 N–H and O–H groups in total. The number of piperidine rings is 1. The molecule has 0 aromatic heterocycles. The van der Waals surface area contributed by atoms with Crippen LogP contribution in [0.25, 0.3) is 0 Å². The first-order valence-corrected chi connectivity index (χ1v) is 6.08. The standard InChI is InChI=1S/C13H18N2O/c14-13-15-9-5-4-8-11(15)12(16-13)10-6-2-1-3-7-10/h1-3,6-7,11-13H,4-5,8-9,14H2/t11?,12-,13?/m0/s1. The van der Waals surface area contributed by atoms with Gasteiger partial charge < -0.3 is 4.74 Å². The van der Waals surface area contributed by atoms with Gasteiger partial charge in [0.15, 0.2) is 6.35 Å². The Hall–Kier alpha value is -0.900. The van der Waals surface area contributed by atoms with E-state index in [0.717, 1.165) is 6.54 Å². The highest BCUT2D eigenvalue weighted by molar-refractivity contribution is 5.20. The molecule has 1 aromatic rings. The molecular weight excluding hydrogens is 200 g/mol. The monoisotopic (exact) mass is 218 g/mol. The Balaban J connectivity index is 1.86. The fourth-order valence-corrected chi connectivity index (χ4v) is 2.88. The van der Waals surface area contributed by atoms with Crippen LogP contribution >= 0.6 is 0 Å². The zero-order valence-electron chi connectivity index (χ0n) is 9.38. The summed E-state index contributed by atoms with van der Waals surface area (Å²) in [7, 11) is 0. The lowest BCUT2D eigenvalue weighted by atomic mass is 9.94. The molecule has 3 nitrogen and oxygen atoms in total. The van der Waals surface area contributed by atoms with Crippen molar-refractivity contribution in [2.45, 2.75) is 37.8 Å². The smallest absolute Gasteiger partial charge is 0.164 e. The van der Waals surface area contributed by atoms with Crippen LogP contribution in [0.3, 0.4) is 0 Å². The van der Waals surface area contributed by atoms with Gasteiger partial charge in [-0.1, -0.05) is 36.8 Å². The van der Waals surface area contributed by atoms with Crippen LogP contribution in [0, 0.1) is 0 Å². The molecule has 2 aliphatic rings. The number of fused-ring (bicyclic) bond motifs is 1. The predicted octanol–water partition coefficient (Wildman–Crippen LogP) is 1.85. The summed E-state index contributed by atoms with van der Waals surface area (Å²) in [4.78, 5) is 2.31. The second-order valence-corrected chi connectivity index (χ2v) is 4.66. The van der Waals surface area contributed by atoms with E-state index in [9.17, 15) is 0 Å². The zero-order valence-corrected chi connectivity index (χ0v) is 9.38. The quantitative estimate of drug-likeness (QED) is 0.782. The molecule has 3 heteroatoms. The molecule has 3 atom stereocenters. The van der Waals surface area contributed by atoms with Crippen LogP contribution in [-0.2, 0) is 4.74 Å². The third kappa shape index (κ3) is 1.65. The Morgan fingerprint density at radius 2 is 2.00 bits per heavy atom. The minimum Gasteiger partial charge on any atom is -0.340 e. The molecule has 0 aliphatic carbocycles. The van der Waals surface area contributed by atoms with Crippen molar-refractivity contribution < 1.29 is 4.74 Å². The highest BCUT2D eigenvalue weighted by Gasteiger charge is 2.41. The summed E-state index contributed by atoms with van der Waals surface area (Å²) in [5.74, 6) is 0. The second kappa shape index (κ2) is 4.17. The third-order valence-electron chi connectivity index (χ3n) is 3.68. The predicted molar refractivity (Wildman–Crippen MR) is 62.6 cm³/mol. The van der Waals surface area contributed by atoms with Gasteiger partial charge in [0.2, 0.25) is 0 Å². The molecule has 2 aliphatic heterocycles. The molecular formula is C13H18N2O. The highest BCUT2D eigenvalue weighted by atomic mass is 16.5. The third-order valence-corrected chi connectivity index (χ3v) is 3.68. The molecule has 0 spiro atoms. The average Bonchev–Trinajstić information content (AvgIpc) is 2.69. The van der Waals surface area contributed by atoms with Crippen molar-refractivity contribution in [3.8, 4) is 0 Å². The molecule has 2 heterocycles. The number of ether oxygens (including phenoxy) is 1. The summed E-state index contributed by atoms with van der Waals surface area (Å²) in [6.45, 7) is 1.08.